The lowest BCUT2D eigenvalue weighted by Gasteiger charge is -2.12. The molecule has 3 heterocycles. The quantitative estimate of drug-likeness (QED) is 0.329. The molecule has 0 aliphatic carbocycles. The third kappa shape index (κ3) is 5.05. The molecule has 1 aromatic carbocycles. The first-order valence-corrected chi connectivity index (χ1v) is 11.9. The van der Waals surface area contributed by atoms with Crippen molar-refractivity contribution in [2.45, 2.75) is 11.8 Å². The highest BCUT2D eigenvalue weighted by atomic mass is 35.5. The Morgan fingerprint density at radius 2 is 1.94 bits per heavy atom. The Balaban J connectivity index is 1.61. The van der Waals surface area contributed by atoms with E-state index in [4.69, 9.17) is 11.6 Å². The largest absolute Gasteiger partial charge is 0.368 e. The number of H-pyrrole nitrogens is 1. The van der Waals surface area contributed by atoms with Crippen molar-refractivity contribution in [3.05, 3.63) is 46.9 Å². The van der Waals surface area contributed by atoms with Crippen molar-refractivity contribution >= 4 is 44.3 Å². The van der Waals surface area contributed by atoms with Crippen LogP contribution in [-0.4, -0.2) is 70.9 Å². The fourth-order valence-corrected chi connectivity index (χ4v) is 4.43. The molecular formula is C20H21ClFN9O2S. The predicted octanol–water partition coefficient (Wildman–Crippen LogP) is 2.69. The average molecular weight is 506 g/mol. The molecule has 3 N–H and O–H groups in total. The van der Waals surface area contributed by atoms with E-state index in [0.29, 0.717) is 23.7 Å². The second-order valence-electron chi connectivity index (χ2n) is 7.66. The molecule has 0 radical (unpaired) electrons. The smallest absolute Gasteiger partial charge is 0.266 e. The summed E-state index contributed by atoms with van der Waals surface area (Å²) in [5.41, 5.74) is 1.57. The van der Waals surface area contributed by atoms with E-state index >= 15 is 0 Å². The van der Waals surface area contributed by atoms with Crippen LogP contribution in [0.1, 0.15) is 5.69 Å². The molecule has 0 unspecified atom stereocenters. The van der Waals surface area contributed by atoms with Gasteiger partial charge in [0.05, 0.1) is 5.39 Å². The number of sulfonamides is 1. The number of rotatable bonds is 8. The summed E-state index contributed by atoms with van der Waals surface area (Å²) in [4.78, 5) is 10.4. The van der Waals surface area contributed by atoms with E-state index in [1.165, 1.54) is 18.2 Å². The molecule has 3 aromatic heterocycles. The molecule has 11 nitrogen and oxygen atoms in total. The number of hydrogen-bond donors (Lipinski definition) is 3. The van der Waals surface area contributed by atoms with Crippen molar-refractivity contribution in [3.63, 3.8) is 0 Å². The van der Waals surface area contributed by atoms with E-state index in [1.54, 1.807) is 0 Å². The van der Waals surface area contributed by atoms with E-state index in [-0.39, 0.29) is 16.7 Å². The Hall–Kier alpha value is -3.42. The number of aromatic nitrogens is 6. The first kappa shape index (κ1) is 23.7. The van der Waals surface area contributed by atoms with Crippen LogP contribution >= 0.6 is 11.6 Å². The number of likely N-dealkylation sites (N-methyl/N-ethyl adjacent to an activating group) is 1. The maximum Gasteiger partial charge on any atom is 0.266 e. The molecule has 0 atom stereocenters. The van der Waals surface area contributed by atoms with Gasteiger partial charge in [-0.1, -0.05) is 11.6 Å². The molecule has 34 heavy (non-hydrogen) atoms. The minimum Gasteiger partial charge on any atom is -0.368 e. The molecule has 14 heteroatoms. The molecule has 0 bridgehead atoms. The van der Waals surface area contributed by atoms with Crippen LogP contribution in [0.5, 0.6) is 0 Å². The molecule has 0 aliphatic rings. The lowest BCUT2D eigenvalue weighted by atomic mass is 10.2. The molecule has 4 rings (SSSR count). The summed E-state index contributed by atoms with van der Waals surface area (Å²) < 4.78 is 41.3. The molecule has 0 saturated heterocycles. The van der Waals surface area contributed by atoms with Crippen LogP contribution in [0.2, 0.25) is 5.02 Å². The van der Waals surface area contributed by atoms with Crippen LogP contribution in [0.3, 0.4) is 0 Å². The van der Waals surface area contributed by atoms with Crippen molar-refractivity contribution < 1.29 is 12.8 Å². The lowest BCUT2D eigenvalue weighted by molar-refractivity contribution is 0.425. The van der Waals surface area contributed by atoms with Crippen LogP contribution in [0.15, 0.2) is 35.2 Å². The molecule has 178 valence electrons. The summed E-state index contributed by atoms with van der Waals surface area (Å²) in [5.74, 6) is -0.193. The van der Waals surface area contributed by atoms with Gasteiger partial charge in [-0.2, -0.15) is 5.10 Å². The van der Waals surface area contributed by atoms with Crippen LogP contribution < -0.4 is 10.0 Å². The number of benzene rings is 1. The second-order valence-corrected chi connectivity index (χ2v) is 9.74. The monoisotopic (exact) mass is 505 g/mol. The van der Waals surface area contributed by atoms with E-state index < -0.39 is 20.7 Å². The fraction of sp³-hybridized carbons (Fsp3) is 0.250. The van der Waals surface area contributed by atoms with Gasteiger partial charge in [-0.05, 0) is 51.4 Å². The molecule has 0 aliphatic heterocycles. The van der Waals surface area contributed by atoms with Crippen LogP contribution in [-0.2, 0) is 10.0 Å². The van der Waals surface area contributed by atoms with Crippen molar-refractivity contribution in [1.82, 2.24) is 35.3 Å². The third-order valence-corrected chi connectivity index (χ3v) is 6.37. The highest BCUT2D eigenvalue weighted by Gasteiger charge is 2.21. The summed E-state index contributed by atoms with van der Waals surface area (Å²) in [7, 11) is -0.325. The molecule has 4 aromatic rings. The number of aryl methyl sites for hydroxylation is 1. The summed E-state index contributed by atoms with van der Waals surface area (Å²) >= 11 is 5.80. The second kappa shape index (κ2) is 9.44. The van der Waals surface area contributed by atoms with Crippen molar-refractivity contribution in [2.75, 3.05) is 37.2 Å². The Morgan fingerprint density at radius 3 is 2.65 bits per heavy atom. The third-order valence-electron chi connectivity index (χ3n) is 4.76. The maximum absolute atomic E-state index is 14.0. The lowest BCUT2D eigenvalue weighted by Crippen LogP contribution is -2.21. The first-order chi connectivity index (χ1) is 16.1. The van der Waals surface area contributed by atoms with Gasteiger partial charge in [0.15, 0.2) is 17.3 Å². The van der Waals surface area contributed by atoms with Gasteiger partial charge in [0.2, 0.25) is 0 Å². The maximum atomic E-state index is 14.0. The number of hydrogen-bond acceptors (Lipinski definition) is 9. The SMILES string of the molecule is Cc1[nH]nc2nc(-c3ccc(NS(=O)(=O)c4cc(Cl)ccc4F)nn3)nc(NCCN(C)C)c12. The molecule has 0 amide bonds. The zero-order chi connectivity index (χ0) is 24.5. The number of nitrogens with zero attached hydrogens (tertiary/aromatic N) is 6. The number of anilines is 2. The standard InChI is InChI=1S/C20H21ClFN9O2S/c1-11-17-19(23-8-9-31(2)3)24-18(25-20(17)29-26-11)14-6-7-16(28-27-14)30-34(32,33)15-10-12(21)4-5-13(15)22/h4-7,10H,8-9H2,1-3H3,(H,28,30)(H2,23,24,25,26,29). The number of aromatic amines is 1. The number of halogens is 2. The van der Waals surface area contributed by atoms with Gasteiger partial charge >= 0.3 is 0 Å². The van der Waals surface area contributed by atoms with Gasteiger partial charge in [-0.15, -0.1) is 10.2 Å². The zero-order valence-corrected chi connectivity index (χ0v) is 20.0. The van der Waals surface area contributed by atoms with Gasteiger partial charge in [0.1, 0.15) is 22.2 Å². The Kier molecular flexibility index (Phi) is 6.59. The predicted molar refractivity (Wildman–Crippen MR) is 127 cm³/mol. The topological polar surface area (TPSA) is 142 Å². The molecule has 0 saturated carbocycles. The van der Waals surface area contributed by atoms with E-state index in [2.05, 4.69) is 40.4 Å². The van der Waals surface area contributed by atoms with Crippen molar-refractivity contribution in [2.24, 2.45) is 0 Å². The zero-order valence-electron chi connectivity index (χ0n) is 18.5. The van der Waals surface area contributed by atoms with Gasteiger partial charge < -0.3 is 10.2 Å². The summed E-state index contributed by atoms with van der Waals surface area (Å²) in [6, 6.07) is 6.13. The molecule has 0 fully saturated rings. The first-order valence-electron chi connectivity index (χ1n) is 10.1. The Labute approximate surface area is 199 Å². The van der Waals surface area contributed by atoms with E-state index in [1.807, 2.05) is 25.9 Å². The summed E-state index contributed by atoms with van der Waals surface area (Å²) in [6.07, 6.45) is 0. The Morgan fingerprint density at radius 1 is 1.15 bits per heavy atom. The number of fused-ring (bicyclic) bond motifs is 1. The minimum atomic E-state index is -4.27. The minimum absolute atomic E-state index is 0.0827. The van der Waals surface area contributed by atoms with Crippen molar-refractivity contribution in [3.8, 4) is 11.5 Å². The van der Waals surface area contributed by atoms with Crippen LogP contribution in [0, 0.1) is 12.7 Å². The van der Waals surface area contributed by atoms with Crippen LogP contribution in [0.25, 0.3) is 22.6 Å². The van der Waals surface area contributed by atoms with Gasteiger partial charge in [0, 0.05) is 23.8 Å². The van der Waals surface area contributed by atoms with E-state index in [9.17, 15) is 12.8 Å². The van der Waals surface area contributed by atoms with Crippen molar-refractivity contribution in [1.29, 1.82) is 0 Å². The van der Waals surface area contributed by atoms with E-state index in [0.717, 1.165) is 29.8 Å². The van der Waals surface area contributed by atoms with Gasteiger partial charge in [-0.25, -0.2) is 22.8 Å². The normalized spacial score (nSPS) is 11.8. The fourth-order valence-electron chi connectivity index (χ4n) is 3.09. The van der Waals surface area contributed by atoms with Crippen LogP contribution in [0.4, 0.5) is 16.0 Å². The molecular weight excluding hydrogens is 485 g/mol. The average Bonchev–Trinajstić information content (AvgIpc) is 3.16. The summed E-state index contributed by atoms with van der Waals surface area (Å²) in [6.45, 7) is 3.31. The highest BCUT2D eigenvalue weighted by molar-refractivity contribution is 7.92. The number of nitrogens with one attached hydrogen (secondary N) is 3. The van der Waals surface area contributed by atoms with Gasteiger partial charge in [-0.3, -0.25) is 9.82 Å². The van der Waals surface area contributed by atoms with Gasteiger partial charge in [0.25, 0.3) is 10.0 Å². The highest BCUT2D eigenvalue weighted by Crippen LogP contribution is 2.26. The Bertz CT molecular complexity index is 1440. The molecule has 0 spiro atoms. The summed E-state index contributed by atoms with van der Waals surface area (Å²) in [5, 5.41) is 19.2.